The summed E-state index contributed by atoms with van der Waals surface area (Å²) in [5.41, 5.74) is 2.25. The molecule has 164 valence electrons. The minimum Gasteiger partial charge on any atom is -0.352 e. The molecule has 6 nitrogen and oxygen atoms in total. The monoisotopic (exact) mass is 437 g/mol. The molecule has 1 amide bonds. The Morgan fingerprint density at radius 2 is 2.00 bits per heavy atom. The summed E-state index contributed by atoms with van der Waals surface area (Å²) in [6, 6.07) is 14.6. The maximum atomic E-state index is 12.9. The molecule has 1 saturated heterocycles. The Morgan fingerprint density at radius 1 is 1.23 bits per heavy atom. The van der Waals surface area contributed by atoms with Crippen LogP contribution < -0.4 is 10.2 Å². The van der Waals surface area contributed by atoms with Crippen molar-refractivity contribution < 1.29 is 4.79 Å². The van der Waals surface area contributed by atoms with Crippen LogP contribution in [-0.4, -0.2) is 53.5 Å². The number of piperidine rings is 1. The van der Waals surface area contributed by atoms with Gasteiger partial charge < -0.3 is 15.1 Å². The molecule has 1 aliphatic heterocycles. The molecule has 0 radical (unpaired) electrons. The number of carbonyl (C=O) groups excluding carboxylic acids is 1. The summed E-state index contributed by atoms with van der Waals surface area (Å²) in [6.45, 7) is 5.62. The number of anilines is 1. The van der Waals surface area contributed by atoms with Gasteiger partial charge >= 0.3 is 0 Å². The van der Waals surface area contributed by atoms with Crippen LogP contribution in [0, 0.1) is 5.92 Å². The molecule has 0 bridgehead atoms. The number of rotatable bonds is 8. The highest BCUT2D eigenvalue weighted by Crippen LogP contribution is 2.30. The second kappa shape index (κ2) is 10.2. The van der Waals surface area contributed by atoms with Crippen molar-refractivity contribution in [2.45, 2.75) is 38.8 Å². The van der Waals surface area contributed by atoms with E-state index in [1.54, 1.807) is 11.3 Å². The third kappa shape index (κ3) is 5.60. The predicted octanol–water partition coefficient (Wildman–Crippen LogP) is 3.93. The first-order valence-corrected chi connectivity index (χ1v) is 11.9. The van der Waals surface area contributed by atoms with Crippen LogP contribution in [-0.2, 0) is 11.3 Å². The molecule has 1 N–H and O–H groups in total. The first-order chi connectivity index (χ1) is 15.1. The largest absolute Gasteiger partial charge is 0.352 e. The summed E-state index contributed by atoms with van der Waals surface area (Å²) < 4.78 is 0. The standard InChI is InChI=1S/C24H31N5OS/c1-3-20(17-28(2)16-18-8-5-4-6-9-18)26-22(30)19-11-14-29(15-12-19)24-27-21-10-7-13-25-23(21)31-24/h4-10,13,19-20H,3,11-12,14-17H2,1-2H3,(H,26,30)/t20-/m1/s1. The number of nitrogens with zero attached hydrogens (tertiary/aromatic N) is 4. The lowest BCUT2D eigenvalue weighted by atomic mass is 9.95. The van der Waals surface area contributed by atoms with Gasteiger partial charge in [-0.3, -0.25) is 4.79 Å². The van der Waals surface area contributed by atoms with Crippen molar-refractivity contribution in [2.75, 3.05) is 31.6 Å². The number of carbonyl (C=O) groups is 1. The summed E-state index contributed by atoms with van der Waals surface area (Å²) in [4.78, 5) is 27.6. The van der Waals surface area contributed by atoms with Crippen LogP contribution in [0.25, 0.3) is 10.3 Å². The average molecular weight is 438 g/mol. The maximum absolute atomic E-state index is 12.9. The Bertz CT molecular complexity index is 951. The fourth-order valence-corrected chi connectivity index (χ4v) is 5.12. The molecule has 0 aliphatic carbocycles. The minimum atomic E-state index is 0.0808. The van der Waals surface area contributed by atoms with Gasteiger partial charge in [0.25, 0.3) is 0 Å². The van der Waals surface area contributed by atoms with Gasteiger partial charge in [0.15, 0.2) is 5.13 Å². The lowest BCUT2D eigenvalue weighted by molar-refractivity contribution is -0.126. The molecule has 7 heteroatoms. The topological polar surface area (TPSA) is 61.4 Å². The van der Waals surface area contributed by atoms with E-state index < -0.39 is 0 Å². The molecule has 31 heavy (non-hydrogen) atoms. The quantitative estimate of drug-likeness (QED) is 0.578. The summed E-state index contributed by atoms with van der Waals surface area (Å²) in [5, 5.41) is 4.32. The van der Waals surface area contributed by atoms with Gasteiger partial charge in [-0.15, -0.1) is 0 Å². The number of thiazole rings is 1. The van der Waals surface area contributed by atoms with Gasteiger partial charge in [0.2, 0.25) is 5.91 Å². The Kier molecular flexibility index (Phi) is 7.14. The van der Waals surface area contributed by atoms with E-state index in [0.717, 1.165) is 60.9 Å². The summed E-state index contributed by atoms with van der Waals surface area (Å²) in [5.74, 6) is 0.280. The number of aromatic nitrogens is 2. The zero-order valence-corrected chi connectivity index (χ0v) is 19.1. The molecule has 1 aromatic carbocycles. The van der Waals surface area contributed by atoms with E-state index in [4.69, 9.17) is 4.98 Å². The number of hydrogen-bond acceptors (Lipinski definition) is 6. The van der Waals surface area contributed by atoms with Gasteiger partial charge in [-0.25, -0.2) is 9.97 Å². The second-order valence-electron chi connectivity index (χ2n) is 8.38. The van der Waals surface area contributed by atoms with Crippen LogP contribution in [0.4, 0.5) is 5.13 Å². The van der Waals surface area contributed by atoms with Crippen LogP contribution in [0.5, 0.6) is 0 Å². The SMILES string of the molecule is CC[C@H](CN(C)Cc1ccccc1)NC(=O)C1CCN(c2nc3cccnc3s2)CC1. The van der Waals surface area contributed by atoms with Crippen molar-refractivity contribution in [3.8, 4) is 0 Å². The summed E-state index contributed by atoms with van der Waals surface area (Å²) >= 11 is 1.63. The molecule has 4 rings (SSSR count). The third-order valence-electron chi connectivity index (χ3n) is 5.96. The van der Waals surface area contributed by atoms with Crippen LogP contribution in [0.15, 0.2) is 48.7 Å². The third-order valence-corrected chi connectivity index (χ3v) is 7.00. The predicted molar refractivity (Wildman–Crippen MR) is 127 cm³/mol. The van der Waals surface area contributed by atoms with Gasteiger partial charge in [-0.2, -0.15) is 0 Å². The molecular weight excluding hydrogens is 406 g/mol. The van der Waals surface area contributed by atoms with Gasteiger partial charge in [-0.05, 0) is 44.0 Å². The van der Waals surface area contributed by atoms with Crippen molar-refractivity contribution in [1.82, 2.24) is 20.2 Å². The number of benzene rings is 1. The van der Waals surface area contributed by atoms with Crippen LogP contribution in [0.2, 0.25) is 0 Å². The van der Waals surface area contributed by atoms with E-state index in [9.17, 15) is 4.79 Å². The zero-order valence-electron chi connectivity index (χ0n) is 18.3. The lowest BCUT2D eigenvalue weighted by Crippen LogP contribution is -2.47. The average Bonchev–Trinajstić information content (AvgIpc) is 3.23. The molecule has 1 atom stereocenters. The van der Waals surface area contributed by atoms with Crippen molar-refractivity contribution in [2.24, 2.45) is 5.92 Å². The van der Waals surface area contributed by atoms with E-state index in [-0.39, 0.29) is 17.9 Å². The molecule has 0 spiro atoms. The zero-order chi connectivity index (χ0) is 21.6. The van der Waals surface area contributed by atoms with Crippen LogP contribution >= 0.6 is 11.3 Å². The molecule has 3 heterocycles. The van der Waals surface area contributed by atoms with E-state index in [0.29, 0.717) is 0 Å². The van der Waals surface area contributed by atoms with E-state index in [2.05, 4.69) is 58.3 Å². The number of fused-ring (bicyclic) bond motifs is 1. The number of hydrogen-bond donors (Lipinski definition) is 1. The molecule has 0 saturated carbocycles. The summed E-state index contributed by atoms with van der Waals surface area (Å²) in [7, 11) is 2.12. The second-order valence-corrected chi connectivity index (χ2v) is 9.34. The molecule has 1 fully saturated rings. The number of amides is 1. The smallest absolute Gasteiger partial charge is 0.223 e. The van der Waals surface area contributed by atoms with Crippen LogP contribution in [0.3, 0.4) is 0 Å². The van der Waals surface area contributed by atoms with Gasteiger partial charge in [0.05, 0.1) is 0 Å². The fraction of sp³-hybridized carbons (Fsp3) is 0.458. The first kappa shape index (κ1) is 21.7. The highest BCUT2D eigenvalue weighted by atomic mass is 32.1. The van der Waals surface area contributed by atoms with E-state index in [1.165, 1.54) is 5.56 Å². The fourth-order valence-electron chi connectivity index (χ4n) is 4.16. The number of nitrogens with one attached hydrogen (secondary N) is 1. The van der Waals surface area contributed by atoms with Crippen molar-refractivity contribution >= 4 is 32.7 Å². The molecule has 1 aliphatic rings. The Balaban J connectivity index is 1.26. The van der Waals surface area contributed by atoms with Crippen LogP contribution in [0.1, 0.15) is 31.7 Å². The number of pyridine rings is 1. The van der Waals surface area contributed by atoms with Crippen molar-refractivity contribution in [3.05, 3.63) is 54.2 Å². The van der Waals surface area contributed by atoms with Crippen molar-refractivity contribution in [3.63, 3.8) is 0 Å². The Hall–Kier alpha value is -2.51. The Labute approximate surface area is 188 Å². The van der Waals surface area contributed by atoms with E-state index >= 15 is 0 Å². The normalized spacial score (nSPS) is 16.0. The van der Waals surface area contributed by atoms with E-state index in [1.807, 2.05) is 24.4 Å². The summed E-state index contributed by atoms with van der Waals surface area (Å²) in [6.07, 6.45) is 4.47. The molecule has 3 aromatic rings. The number of likely N-dealkylation sites (N-methyl/N-ethyl adjacent to an activating group) is 1. The van der Waals surface area contributed by atoms with Crippen molar-refractivity contribution in [1.29, 1.82) is 0 Å². The van der Waals surface area contributed by atoms with Gasteiger partial charge in [0, 0.05) is 44.3 Å². The maximum Gasteiger partial charge on any atom is 0.223 e. The molecule has 2 aromatic heterocycles. The highest BCUT2D eigenvalue weighted by molar-refractivity contribution is 7.21. The molecule has 0 unspecified atom stereocenters. The highest BCUT2D eigenvalue weighted by Gasteiger charge is 2.27. The Morgan fingerprint density at radius 3 is 2.71 bits per heavy atom. The first-order valence-electron chi connectivity index (χ1n) is 11.1. The van der Waals surface area contributed by atoms with Gasteiger partial charge in [0.1, 0.15) is 10.3 Å². The van der Waals surface area contributed by atoms with Gasteiger partial charge in [-0.1, -0.05) is 48.6 Å². The molecular formula is C24H31N5OS. The minimum absolute atomic E-state index is 0.0808. The lowest BCUT2D eigenvalue weighted by Gasteiger charge is -2.32.